The molecule has 0 amide bonds. The van der Waals surface area contributed by atoms with Crippen LogP contribution in [0.25, 0.3) is 99.1 Å². The van der Waals surface area contributed by atoms with E-state index in [0.29, 0.717) is 0 Å². The van der Waals surface area contributed by atoms with E-state index in [9.17, 15) is 0 Å². The second-order valence-electron chi connectivity index (χ2n) is 16.4. The predicted octanol–water partition coefficient (Wildman–Crippen LogP) is 11.9. The number of benzene rings is 10. The first-order valence-corrected chi connectivity index (χ1v) is 22.8. The summed E-state index contributed by atoms with van der Waals surface area (Å²) in [4.78, 5) is 0. The minimum atomic E-state index is 0.123. The highest BCUT2D eigenvalue weighted by molar-refractivity contribution is 9.11. The summed E-state index contributed by atoms with van der Waals surface area (Å²) in [5, 5.41) is 8.20. The maximum atomic E-state index is 4.00. The third kappa shape index (κ3) is 4.13. The number of fused-ring (bicyclic) bond motifs is 10. The SMILES string of the molecule is Brc1ccc2c(c1)-c1cc(Br)cc3c1B2c1cc2c(-c4ccccc4)cc4c5c(cc6c(-c7ccccc7)cc-3c1c6c25)B1c2ccc(Br)cc2-c2cc(Br)cc-4c21. The van der Waals surface area contributed by atoms with Gasteiger partial charge in [-0.2, -0.15) is 0 Å². The van der Waals surface area contributed by atoms with Crippen LogP contribution in [0, 0.1) is 0 Å². The standard InChI is InChI=1S/C52H24B2Br4/c55-27-11-13-43-34(16-27)40-18-30(58)20-42-36-22-32(26-9-5-2-6-10-26)38-24-46-47-35(41-19-29(57)17-39-33-15-28(56)12-14-44(33)54(46)51(39)41)21-31(25-7-3-1-4-8-25)37-23-45(53(43)52(40)42)48(36)50(38)49(37)47/h1-24H. The molecule has 10 aromatic rings. The highest BCUT2D eigenvalue weighted by atomic mass is 79.9. The van der Waals surface area contributed by atoms with Crippen LogP contribution in [0.15, 0.2) is 163 Å². The second kappa shape index (κ2) is 11.5. The van der Waals surface area contributed by atoms with E-state index in [1.165, 1.54) is 132 Å². The number of hydrogen-bond acceptors (Lipinski definition) is 0. The number of rotatable bonds is 2. The molecule has 4 aliphatic heterocycles. The third-order valence-electron chi connectivity index (χ3n) is 13.6. The Balaban J connectivity index is 1.25. The highest BCUT2D eigenvalue weighted by Crippen LogP contribution is 2.51. The van der Waals surface area contributed by atoms with Crippen molar-refractivity contribution in [2.75, 3.05) is 0 Å². The monoisotopic (exact) mass is 986 g/mol. The lowest BCUT2D eigenvalue weighted by molar-refractivity contribution is 1.61. The Kier molecular flexibility index (Phi) is 6.58. The van der Waals surface area contributed by atoms with Gasteiger partial charge in [-0.3, -0.25) is 0 Å². The maximum absolute atomic E-state index is 4.00. The lowest BCUT2D eigenvalue weighted by Crippen LogP contribution is -2.53. The van der Waals surface area contributed by atoms with Crippen molar-refractivity contribution in [1.29, 1.82) is 0 Å². The zero-order valence-corrected chi connectivity index (χ0v) is 36.9. The minimum Gasteiger partial charge on any atom is -0.0652 e. The third-order valence-corrected chi connectivity index (χ3v) is 15.5. The zero-order chi connectivity index (χ0) is 38.3. The molecular formula is C52H24B2Br4. The summed E-state index contributed by atoms with van der Waals surface area (Å²) in [6, 6.07) is 55.7. The molecule has 10 aromatic carbocycles. The van der Waals surface area contributed by atoms with E-state index >= 15 is 0 Å². The molecule has 266 valence electrons. The Morgan fingerprint density at radius 2 is 0.655 bits per heavy atom. The number of hydrogen-bond donors (Lipinski definition) is 0. The first-order valence-electron chi connectivity index (χ1n) is 19.7. The Labute approximate surface area is 369 Å². The summed E-state index contributed by atoms with van der Waals surface area (Å²) >= 11 is 15.7. The van der Waals surface area contributed by atoms with Gasteiger partial charge in [-0.25, -0.2) is 0 Å². The van der Waals surface area contributed by atoms with Gasteiger partial charge < -0.3 is 0 Å². The minimum absolute atomic E-state index is 0.123. The summed E-state index contributed by atoms with van der Waals surface area (Å²) in [6.07, 6.45) is 0. The normalized spacial score (nSPS) is 13.4. The Morgan fingerprint density at radius 3 is 1.07 bits per heavy atom. The van der Waals surface area contributed by atoms with E-state index in [0.717, 1.165) is 17.9 Å². The zero-order valence-electron chi connectivity index (χ0n) is 30.5. The van der Waals surface area contributed by atoms with Gasteiger partial charge in [0.1, 0.15) is 0 Å². The van der Waals surface area contributed by atoms with Crippen LogP contribution in [0.2, 0.25) is 0 Å². The predicted molar refractivity (Wildman–Crippen MR) is 263 cm³/mol. The maximum Gasteiger partial charge on any atom is 0.244 e. The van der Waals surface area contributed by atoms with Gasteiger partial charge in [0.2, 0.25) is 13.4 Å². The molecule has 0 aliphatic carbocycles. The Bertz CT molecular complexity index is 3320. The molecule has 6 heteroatoms. The van der Waals surface area contributed by atoms with E-state index in [-0.39, 0.29) is 13.4 Å². The first kappa shape index (κ1) is 33.2. The topological polar surface area (TPSA) is 0 Å². The van der Waals surface area contributed by atoms with Crippen molar-refractivity contribution in [3.05, 3.63) is 163 Å². The van der Waals surface area contributed by atoms with Crippen molar-refractivity contribution >= 4 is 142 Å². The fourth-order valence-electron chi connectivity index (χ4n) is 11.6. The molecule has 0 aromatic heterocycles. The summed E-state index contributed by atoms with van der Waals surface area (Å²) < 4.78 is 4.43. The average molecular weight is 990 g/mol. The van der Waals surface area contributed by atoms with Crippen LogP contribution in [0.3, 0.4) is 0 Å². The van der Waals surface area contributed by atoms with Crippen LogP contribution in [-0.2, 0) is 0 Å². The van der Waals surface area contributed by atoms with Crippen molar-refractivity contribution < 1.29 is 0 Å². The van der Waals surface area contributed by atoms with Gasteiger partial charge in [0.15, 0.2) is 0 Å². The lowest BCUT2D eigenvalue weighted by Gasteiger charge is -2.33. The highest BCUT2D eigenvalue weighted by Gasteiger charge is 2.45. The summed E-state index contributed by atoms with van der Waals surface area (Å²) in [6.45, 7) is 0.246. The molecule has 14 rings (SSSR count). The molecule has 0 radical (unpaired) electrons. The van der Waals surface area contributed by atoms with Crippen molar-refractivity contribution in [2.24, 2.45) is 0 Å². The lowest BCUT2D eigenvalue weighted by atomic mass is 9.34. The van der Waals surface area contributed by atoms with Gasteiger partial charge in [-0.1, -0.05) is 181 Å². The van der Waals surface area contributed by atoms with Crippen molar-refractivity contribution in [1.82, 2.24) is 0 Å². The molecule has 0 fully saturated rings. The van der Waals surface area contributed by atoms with E-state index in [2.05, 4.69) is 209 Å². The quantitative estimate of drug-likeness (QED) is 0.120. The molecule has 0 nitrogen and oxygen atoms in total. The number of halogens is 4. The van der Waals surface area contributed by atoms with Gasteiger partial charge in [0, 0.05) is 17.9 Å². The first-order chi connectivity index (χ1) is 28.4. The molecule has 0 bridgehead atoms. The summed E-state index contributed by atoms with van der Waals surface area (Å²) in [5.74, 6) is 0. The largest absolute Gasteiger partial charge is 0.244 e. The fraction of sp³-hybridized carbons (Fsp3) is 0. The molecule has 4 aliphatic rings. The molecule has 0 unspecified atom stereocenters. The van der Waals surface area contributed by atoms with Crippen LogP contribution >= 0.6 is 63.7 Å². The smallest absolute Gasteiger partial charge is 0.0652 e. The van der Waals surface area contributed by atoms with Crippen LogP contribution < -0.4 is 32.8 Å². The molecule has 0 spiro atoms. The van der Waals surface area contributed by atoms with Crippen LogP contribution in [0.4, 0.5) is 0 Å². The molecular weight excluding hydrogens is 966 g/mol. The molecule has 58 heavy (non-hydrogen) atoms. The summed E-state index contributed by atoms with van der Waals surface area (Å²) in [7, 11) is 0. The van der Waals surface area contributed by atoms with E-state index in [1.54, 1.807) is 0 Å². The average Bonchev–Trinajstić information content (AvgIpc) is 3.73. The summed E-state index contributed by atoms with van der Waals surface area (Å²) in [5.41, 5.74) is 24.0. The van der Waals surface area contributed by atoms with Crippen molar-refractivity contribution in [3.63, 3.8) is 0 Å². The van der Waals surface area contributed by atoms with E-state index in [4.69, 9.17) is 0 Å². The fourth-order valence-corrected chi connectivity index (χ4v) is 13.2. The molecule has 0 atom stereocenters. The van der Waals surface area contributed by atoms with Gasteiger partial charge in [0.25, 0.3) is 0 Å². The molecule has 0 N–H and O–H groups in total. The van der Waals surface area contributed by atoms with Gasteiger partial charge in [-0.05, 0) is 160 Å². The van der Waals surface area contributed by atoms with E-state index in [1.807, 2.05) is 0 Å². The van der Waals surface area contributed by atoms with Crippen LogP contribution in [0.5, 0.6) is 0 Å². The van der Waals surface area contributed by atoms with Crippen molar-refractivity contribution in [2.45, 2.75) is 0 Å². The van der Waals surface area contributed by atoms with Gasteiger partial charge in [0.05, 0.1) is 0 Å². The van der Waals surface area contributed by atoms with E-state index < -0.39 is 0 Å². The molecule has 0 saturated heterocycles. The molecule has 4 heterocycles. The van der Waals surface area contributed by atoms with Crippen LogP contribution in [0.1, 0.15) is 0 Å². The Morgan fingerprint density at radius 1 is 0.276 bits per heavy atom. The Hall–Kier alpha value is -4.71. The van der Waals surface area contributed by atoms with Gasteiger partial charge >= 0.3 is 0 Å². The van der Waals surface area contributed by atoms with Crippen LogP contribution in [-0.4, -0.2) is 13.4 Å². The van der Waals surface area contributed by atoms with Crippen molar-refractivity contribution in [3.8, 4) is 66.8 Å². The molecule has 0 saturated carbocycles. The second-order valence-corrected chi connectivity index (χ2v) is 20.0. The van der Waals surface area contributed by atoms with Gasteiger partial charge in [-0.15, -0.1) is 0 Å².